The molecule has 3 aromatic rings. The van der Waals surface area contributed by atoms with Crippen LogP contribution in [0.3, 0.4) is 0 Å². The van der Waals surface area contributed by atoms with Gasteiger partial charge in [-0.2, -0.15) is 0 Å². The molecule has 1 aromatic heterocycles. The maximum atomic E-state index is 11.2. The third kappa shape index (κ3) is 2.10. The van der Waals surface area contributed by atoms with Gasteiger partial charge in [0.15, 0.2) is 5.58 Å². The molecular formula is C15H10BrNO3. The second-order valence-corrected chi connectivity index (χ2v) is 5.35. The summed E-state index contributed by atoms with van der Waals surface area (Å²) in [5.41, 5.74) is 2.84. The number of nitrogens with zero attached hydrogens (tertiary/aromatic N) is 1. The first kappa shape index (κ1) is 12.9. The third-order valence-electron chi connectivity index (χ3n) is 3.07. The van der Waals surface area contributed by atoms with E-state index in [0.29, 0.717) is 17.0 Å². The molecule has 0 spiro atoms. The average Bonchev–Trinajstić information content (AvgIpc) is 2.81. The highest BCUT2D eigenvalue weighted by Gasteiger charge is 2.16. The Hall–Kier alpha value is -2.14. The van der Waals surface area contributed by atoms with Crippen molar-refractivity contribution in [2.75, 3.05) is 0 Å². The Labute approximate surface area is 123 Å². The lowest BCUT2D eigenvalue weighted by molar-refractivity contribution is 0.0699. The lowest BCUT2D eigenvalue weighted by Gasteiger charge is -2.01. The molecule has 2 aromatic carbocycles. The number of halogens is 1. The molecule has 0 aliphatic rings. The zero-order valence-electron chi connectivity index (χ0n) is 10.6. The molecule has 0 aliphatic heterocycles. The van der Waals surface area contributed by atoms with Crippen molar-refractivity contribution in [2.24, 2.45) is 0 Å². The second-order valence-electron chi connectivity index (χ2n) is 4.44. The number of aryl methyl sites for hydroxylation is 1. The molecule has 0 fully saturated rings. The average molecular weight is 332 g/mol. The van der Waals surface area contributed by atoms with Crippen molar-refractivity contribution in [2.45, 2.75) is 6.92 Å². The number of para-hydroxylation sites is 1. The SMILES string of the molecule is Cc1cc(Br)ccc1-c1nc2c(C(=O)O)cccc2o1. The quantitative estimate of drug-likeness (QED) is 0.761. The maximum Gasteiger partial charge on any atom is 0.338 e. The molecule has 3 rings (SSSR count). The lowest BCUT2D eigenvalue weighted by Crippen LogP contribution is -1.96. The van der Waals surface area contributed by atoms with Crippen LogP contribution in [0.5, 0.6) is 0 Å². The fraction of sp³-hybridized carbons (Fsp3) is 0.0667. The first-order chi connectivity index (χ1) is 9.56. The van der Waals surface area contributed by atoms with E-state index in [9.17, 15) is 4.79 Å². The Bertz CT molecular complexity index is 823. The van der Waals surface area contributed by atoms with Gasteiger partial charge in [0.25, 0.3) is 0 Å². The highest BCUT2D eigenvalue weighted by atomic mass is 79.9. The van der Waals surface area contributed by atoms with Crippen molar-refractivity contribution < 1.29 is 14.3 Å². The van der Waals surface area contributed by atoms with Crippen LogP contribution in [0.1, 0.15) is 15.9 Å². The number of carboxylic acid groups (broad SMARTS) is 1. The zero-order chi connectivity index (χ0) is 14.3. The Morgan fingerprint density at radius 2 is 2.10 bits per heavy atom. The summed E-state index contributed by atoms with van der Waals surface area (Å²) >= 11 is 3.41. The van der Waals surface area contributed by atoms with Gasteiger partial charge in [0.1, 0.15) is 5.52 Å². The molecule has 5 heteroatoms. The van der Waals surface area contributed by atoms with Crippen LogP contribution in [0.25, 0.3) is 22.6 Å². The van der Waals surface area contributed by atoms with Crippen LogP contribution in [-0.2, 0) is 0 Å². The smallest absolute Gasteiger partial charge is 0.338 e. The predicted molar refractivity (Wildman–Crippen MR) is 78.8 cm³/mol. The van der Waals surface area contributed by atoms with Gasteiger partial charge in [-0.15, -0.1) is 0 Å². The van der Waals surface area contributed by atoms with Crippen LogP contribution in [0.15, 0.2) is 45.3 Å². The normalized spacial score (nSPS) is 10.9. The van der Waals surface area contributed by atoms with Crippen molar-refractivity contribution in [3.05, 3.63) is 52.0 Å². The van der Waals surface area contributed by atoms with Gasteiger partial charge in [0, 0.05) is 10.0 Å². The third-order valence-corrected chi connectivity index (χ3v) is 3.56. The summed E-state index contributed by atoms with van der Waals surface area (Å²) in [6.45, 7) is 1.95. The molecule has 0 unspecified atom stereocenters. The van der Waals surface area contributed by atoms with Gasteiger partial charge in [0.05, 0.1) is 5.56 Å². The van der Waals surface area contributed by atoms with E-state index in [4.69, 9.17) is 9.52 Å². The largest absolute Gasteiger partial charge is 0.478 e. The Kier molecular flexibility index (Phi) is 3.06. The standard InChI is InChI=1S/C15H10BrNO3/c1-8-7-9(16)5-6-10(8)14-17-13-11(15(18)19)3-2-4-12(13)20-14/h2-7H,1H3,(H,18,19). The van der Waals surface area contributed by atoms with Crippen LogP contribution < -0.4 is 0 Å². The number of oxazole rings is 1. The zero-order valence-corrected chi connectivity index (χ0v) is 12.1. The van der Waals surface area contributed by atoms with Gasteiger partial charge in [-0.3, -0.25) is 0 Å². The number of hydrogen-bond donors (Lipinski definition) is 1. The molecule has 1 N–H and O–H groups in total. The summed E-state index contributed by atoms with van der Waals surface area (Å²) < 4.78 is 6.65. The molecule has 0 radical (unpaired) electrons. The molecule has 4 nitrogen and oxygen atoms in total. The van der Waals surface area contributed by atoms with Gasteiger partial charge in [-0.05, 0) is 42.8 Å². The van der Waals surface area contributed by atoms with E-state index in [1.54, 1.807) is 12.1 Å². The summed E-state index contributed by atoms with van der Waals surface area (Å²) in [7, 11) is 0. The summed E-state index contributed by atoms with van der Waals surface area (Å²) in [5.74, 6) is -0.582. The molecule has 20 heavy (non-hydrogen) atoms. The predicted octanol–water partition coefficient (Wildman–Crippen LogP) is 4.26. The Morgan fingerprint density at radius 3 is 2.80 bits per heavy atom. The van der Waals surface area contributed by atoms with Crippen LogP contribution in [0, 0.1) is 6.92 Å². The monoisotopic (exact) mass is 331 g/mol. The fourth-order valence-corrected chi connectivity index (χ4v) is 2.58. The first-order valence-corrected chi connectivity index (χ1v) is 6.75. The number of fused-ring (bicyclic) bond motifs is 1. The number of rotatable bonds is 2. The molecule has 0 atom stereocenters. The van der Waals surface area contributed by atoms with Crippen molar-refractivity contribution in [1.82, 2.24) is 4.98 Å². The number of carboxylic acids is 1. The minimum Gasteiger partial charge on any atom is -0.478 e. The van der Waals surface area contributed by atoms with E-state index in [-0.39, 0.29) is 5.56 Å². The van der Waals surface area contributed by atoms with Crippen molar-refractivity contribution in [3.63, 3.8) is 0 Å². The van der Waals surface area contributed by atoms with E-state index in [1.807, 2.05) is 25.1 Å². The highest BCUT2D eigenvalue weighted by molar-refractivity contribution is 9.10. The van der Waals surface area contributed by atoms with Crippen LogP contribution >= 0.6 is 15.9 Å². The number of carbonyl (C=O) groups is 1. The number of aromatic carboxylic acids is 1. The molecule has 0 aliphatic carbocycles. The van der Waals surface area contributed by atoms with Crippen LogP contribution in [-0.4, -0.2) is 16.1 Å². The van der Waals surface area contributed by atoms with Gasteiger partial charge < -0.3 is 9.52 Å². The van der Waals surface area contributed by atoms with E-state index in [2.05, 4.69) is 20.9 Å². The molecular weight excluding hydrogens is 322 g/mol. The molecule has 0 saturated carbocycles. The van der Waals surface area contributed by atoms with E-state index in [1.165, 1.54) is 6.07 Å². The van der Waals surface area contributed by atoms with Gasteiger partial charge in [-0.1, -0.05) is 22.0 Å². The maximum absolute atomic E-state index is 11.2. The van der Waals surface area contributed by atoms with Crippen molar-refractivity contribution in [3.8, 4) is 11.5 Å². The second kappa shape index (κ2) is 4.76. The van der Waals surface area contributed by atoms with Crippen molar-refractivity contribution >= 4 is 33.0 Å². The highest BCUT2D eigenvalue weighted by Crippen LogP contribution is 2.29. The summed E-state index contributed by atoms with van der Waals surface area (Å²) in [5, 5.41) is 9.17. The molecule has 0 bridgehead atoms. The summed E-state index contributed by atoms with van der Waals surface area (Å²) in [6.07, 6.45) is 0. The number of aromatic nitrogens is 1. The molecule has 100 valence electrons. The summed E-state index contributed by atoms with van der Waals surface area (Å²) in [4.78, 5) is 15.5. The van der Waals surface area contributed by atoms with Crippen LogP contribution in [0.4, 0.5) is 0 Å². The van der Waals surface area contributed by atoms with Gasteiger partial charge >= 0.3 is 5.97 Å². The molecule has 1 heterocycles. The lowest BCUT2D eigenvalue weighted by atomic mass is 10.1. The minimum absolute atomic E-state index is 0.146. The van der Waals surface area contributed by atoms with Gasteiger partial charge in [-0.25, -0.2) is 9.78 Å². The summed E-state index contributed by atoms with van der Waals surface area (Å²) in [6, 6.07) is 10.6. The number of hydrogen-bond acceptors (Lipinski definition) is 3. The molecule has 0 amide bonds. The van der Waals surface area contributed by atoms with E-state index >= 15 is 0 Å². The van der Waals surface area contributed by atoms with Crippen LogP contribution in [0.2, 0.25) is 0 Å². The number of benzene rings is 2. The van der Waals surface area contributed by atoms with Gasteiger partial charge in [0.2, 0.25) is 5.89 Å². The van der Waals surface area contributed by atoms with E-state index < -0.39 is 5.97 Å². The van der Waals surface area contributed by atoms with Crippen molar-refractivity contribution in [1.29, 1.82) is 0 Å². The topological polar surface area (TPSA) is 63.3 Å². The van der Waals surface area contributed by atoms with E-state index in [0.717, 1.165) is 15.6 Å². The first-order valence-electron chi connectivity index (χ1n) is 5.95. The fourth-order valence-electron chi connectivity index (χ4n) is 2.10. The Balaban J connectivity index is 2.23. The Morgan fingerprint density at radius 1 is 1.30 bits per heavy atom. The molecule has 0 saturated heterocycles. The minimum atomic E-state index is -1.01.